The first-order valence-corrected chi connectivity index (χ1v) is 3.90. The van der Waals surface area contributed by atoms with E-state index in [0.717, 1.165) is 10.9 Å². The van der Waals surface area contributed by atoms with Gasteiger partial charge in [-0.1, -0.05) is 18.2 Å². The highest BCUT2D eigenvalue weighted by atomic mass is 16.3. The number of benzene rings is 1. The van der Waals surface area contributed by atoms with E-state index in [0.29, 0.717) is 5.69 Å². The predicted molar refractivity (Wildman–Crippen MR) is 47.5 cm³/mol. The van der Waals surface area contributed by atoms with E-state index < -0.39 is 6.61 Å². The van der Waals surface area contributed by atoms with Crippen LogP contribution in [0.1, 0.15) is 10.5 Å². The van der Waals surface area contributed by atoms with Gasteiger partial charge in [-0.3, -0.25) is 9.89 Å². The molecule has 66 valence electrons. The molecule has 0 unspecified atom stereocenters. The highest BCUT2D eigenvalue weighted by Gasteiger charge is 2.11. The number of aliphatic hydroxyl groups excluding tert-OH is 1. The van der Waals surface area contributed by atoms with Crippen LogP contribution in [0.2, 0.25) is 0 Å². The lowest BCUT2D eigenvalue weighted by atomic mass is 10.1. The smallest absolute Gasteiger partial charge is 0.208 e. The number of aromatic nitrogens is 2. The van der Waals surface area contributed by atoms with Crippen LogP contribution in [0.5, 0.6) is 0 Å². The second-order valence-electron chi connectivity index (χ2n) is 2.70. The number of carbonyl (C=O) groups excluding carboxylic acids is 1. The Morgan fingerprint density at radius 1 is 1.46 bits per heavy atom. The van der Waals surface area contributed by atoms with Crippen molar-refractivity contribution in [2.75, 3.05) is 6.61 Å². The minimum Gasteiger partial charge on any atom is -0.388 e. The van der Waals surface area contributed by atoms with E-state index in [4.69, 9.17) is 5.11 Å². The lowest BCUT2D eigenvalue weighted by Gasteiger charge is -1.90. The molecule has 0 atom stereocenters. The molecule has 0 amide bonds. The van der Waals surface area contributed by atoms with Gasteiger partial charge in [0.05, 0.1) is 5.52 Å². The van der Waals surface area contributed by atoms with Gasteiger partial charge in [0.2, 0.25) is 5.78 Å². The minimum absolute atomic E-state index is 0.304. The van der Waals surface area contributed by atoms with Crippen molar-refractivity contribution in [3.63, 3.8) is 0 Å². The number of rotatable bonds is 2. The molecule has 4 nitrogen and oxygen atoms in total. The van der Waals surface area contributed by atoms with Crippen molar-refractivity contribution in [2.45, 2.75) is 0 Å². The Morgan fingerprint density at radius 3 is 3.00 bits per heavy atom. The van der Waals surface area contributed by atoms with Crippen molar-refractivity contribution in [2.24, 2.45) is 0 Å². The molecular formula is C9H8N2O2. The zero-order chi connectivity index (χ0) is 9.26. The number of fused-ring (bicyclic) bond motifs is 1. The molecule has 2 N–H and O–H groups in total. The summed E-state index contributed by atoms with van der Waals surface area (Å²) in [7, 11) is 0. The molecule has 1 aromatic carbocycles. The summed E-state index contributed by atoms with van der Waals surface area (Å²) in [6, 6.07) is 7.30. The van der Waals surface area contributed by atoms with Crippen LogP contribution < -0.4 is 0 Å². The Morgan fingerprint density at radius 2 is 2.23 bits per heavy atom. The Balaban J connectivity index is 2.64. The summed E-state index contributed by atoms with van der Waals surface area (Å²) < 4.78 is 0. The first kappa shape index (κ1) is 7.94. The van der Waals surface area contributed by atoms with E-state index in [1.165, 1.54) is 0 Å². The van der Waals surface area contributed by atoms with Gasteiger partial charge in [0.15, 0.2) is 0 Å². The molecule has 1 heterocycles. The molecular weight excluding hydrogens is 168 g/mol. The van der Waals surface area contributed by atoms with Gasteiger partial charge in [0, 0.05) is 5.39 Å². The summed E-state index contributed by atoms with van der Waals surface area (Å²) in [6.45, 7) is -0.505. The maximum absolute atomic E-state index is 11.2. The van der Waals surface area contributed by atoms with Gasteiger partial charge in [-0.15, -0.1) is 0 Å². The zero-order valence-electron chi connectivity index (χ0n) is 6.82. The van der Waals surface area contributed by atoms with Gasteiger partial charge in [0.1, 0.15) is 12.3 Å². The van der Waals surface area contributed by atoms with Crippen LogP contribution in [0.3, 0.4) is 0 Å². The lowest BCUT2D eigenvalue weighted by Crippen LogP contribution is -2.04. The molecule has 0 spiro atoms. The molecule has 0 aliphatic rings. The first-order valence-electron chi connectivity index (χ1n) is 3.90. The third-order valence-corrected chi connectivity index (χ3v) is 1.88. The van der Waals surface area contributed by atoms with Crippen molar-refractivity contribution >= 4 is 16.7 Å². The van der Waals surface area contributed by atoms with Crippen molar-refractivity contribution in [1.82, 2.24) is 10.2 Å². The summed E-state index contributed by atoms with van der Waals surface area (Å²) >= 11 is 0. The number of nitrogens with zero attached hydrogens (tertiary/aromatic N) is 1. The summed E-state index contributed by atoms with van der Waals surface area (Å²) in [5, 5.41) is 16.0. The second-order valence-corrected chi connectivity index (χ2v) is 2.70. The van der Waals surface area contributed by atoms with Crippen LogP contribution in [0.25, 0.3) is 10.9 Å². The van der Waals surface area contributed by atoms with E-state index in [1.54, 1.807) is 6.07 Å². The maximum atomic E-state index is 11.2. The van der Waals surface area contributed by atoms with E-state index in [1.807, 2.05) is 18.2 Å². The molecule has 1 aromatic heterocycles. The molecule has 0 bridgehead atoms. The second kappa shape index (κ2) is 2.99. The highest BCUT2D eigenvalue weighted by Crippen LogP contribution is 2.14. The maximum Gasteiger partial charge on any atom is 0.208 e. The average molecular weight is 176 g/mol. The Bertz CT molecular complexity index is 448. The summed E-state index contributed by atoms with van der Waals surface area (Å²) in [5.74, 6) is -0.363. The molecule has 0 fully saturated rings. The molecule has 0 radical (unpaired) electrons. The number of aromatic amines is 1. The van der Waals surface area contributed by atoms with Crippen LogP contribution in [0, 0.1) is 0 Å². The van der Waals surface area contributed by atoms with E-state index in [9.17, 15) is 4.79 Å². The van der Waals surface area contributed by atoms with Gasteiger partial charge in [-0.2, -0.15) is 5.10 Å². The van der Waals surface area contributed by atoms with Crippen LogP contribution >= 0.6 is 0 Å². The zero-order valence-corrected chi connectivity index (χ0v) is 6.82. The SMILES string of the molecule is O=C(CO)c1n[nH]c2ccccc12. The molecule has 0 aliphatic heterocycles. The number of para-hydroxylation sites is 1. The Labute approximate surface area is 74.2 Å². The third-order valence-electron chi connectivity index (χ3n) is 1.88. The van der Waals surface area contributed by atoms with Crippen molar-refractivity contribution < 1.29 is 9.90 Å². The van der Waals surface area contributed by atoms with E-state index in [2.05, 4.69) is 10.2 Å². The number of Topliss-reactive ketones (excluding diaryl/α,β-unsaturated/α-hetero) is 1. The summed E-state index contributed by atoms with van der Waals surface area (Å²) in [6.07, 6.45) is 0. The van der Waals surface area contributed by atoms with Crippen molar-refractivity contribution in [1.29, 1.82) is 0 Å². The largest absolute Gasteiger partial charge is 0.388 e. The van der Waals surface area contributed by atoms with Crippen LogP contribution in [0.15, 0.2) is 24.3 Å². The number of carbonyl (C=O) groups is 1. The van der Waals surface area contributed by atoms with Crippen molar-refractivity contribution in [3.8, 4) is 0 Å². The fraction of sp³-hybridized carbons (Fsp3) is 0.111. The number of hydrogen-bond donors (Lipinski definition) is 2. The predicted octanol–water partition coefficient (Wildman–Crippen LogP) is 0.738. The first-order chi connectivity index (χ1) is 6.33. The monoisotopic (exact) mass is 176 g/mol. The van der Waals surface area contributed by atoms with Gasteiger partial charge in [-0.25, -0.2) is 0 Å². The van der Waals surface area contributed by atoms with Crippen LogP contribution in [-0.4, -0.2) is 27.7 Å². The fourth-order valence-corrected chi connectivity index (χ4v) is 1.25. The summed E-state index contributed by atoms with van der Waals surface area (Å²) in [4.78, 5) is 11.2. The number of ketones is 1. The number of H-pyrrole nitrogens is 1. The van der Waals surface area contributed by atoms with Gasteiger partial charge < -0.3 is 5.11 Å². The van der Waals surface area contributed by atoms with Gasteiger partial charge >= 0.3 is 0 Å². The van der Waals surface area contributed by atoms with Gasteiger partial charge in [0.25, 0.3) is 0 Å². The summed E-state index contributed by atoms with van der Waals surface area (Å²) in [5.41, 5.74) is 1.11. The molecule has 4 heteroatoms. The fourth-order valence-electron chi connectivity index (χ4n) is 1.25. The lowest BCUT2D eigenvalue weighted by molar-refractivity contribution is 0.0900. The molecule has 2 aromatic rings. The normalized spacial score (nSPS) is 10.5. The Kier molecular flexibility index (Phi) is 1.83. The molecule has 0 saturated carbocycles. The molecule has 0 saturated heterocycles. The third kappa shape index (κ3) is 1.21. The minimum atomic E-state index is -0.505. The number of aliphatic hydroxyl groups is 1. The molecule has 13 heavy (non-hydrogen) atoms. The topological polar surface area (TPSA) is 66.0 Å². The number of hydrogen-bond acceptors (Lipinski definition) is 3. The Hall–Kier alpha value is -1.68. The molecule has 0 aliphatic carbocycles. The highest BCUT2D eigenvalue weighted by molar-refractivity contribution is 6.06. The molecule has 2 rings (SSSR count). The van der Waals surface area contributed by atoms with Crippen LogP contribution in [0.4, 0.5) is 0 Å². The standard InChI is InChI=1S/C9H8N2O2/c12-5-8(13)9-6-3-1-2-4-7(6)10-11-9/h1-4,12H,5H2,(H,10,11). The average Bonchev–Trinajstić information content (AvgIpc) is 2.60. The number of nitrogens with one attached hydrogen (secondary N) is 1. The van der Waals surface area contributed by atoms with Gasteiger partial charge in [-0.05, 0) is 6.07 Å². The van der Waals surface area contributed by atoms with E-state index in [-0.39, 0.29) is 5.78 Å². The van der Waals surface area contributed by atoms with E-state index >= 15 is 0 Å². The van der Waals surface area contributed by atoms with Crippen LogP contribution in [-0.2, 0) is 0 Å². The quantitative estimate of drug-likeness (QED) is 0.663. The van der Waals surface area contributed by atoms with Crippen molar-refractivity contribution in [3.05, 3.63) is 30.0 Å².